The van der Waals surface area contributed by atoms with Crippen LogP contribution in [0, 0.1) is 6.92 Å². The molecule has 0 amide bonds. The van der Waals surface area contributed by atoms with Gasteiger partial charge in [0, 0.05) is 24.9 Å². The summed E-state index contributed by atoms with van der Waals surface area (Å²) in [6.45, 7) is 2.20. The fourth-order valence-corrected chi connectivity index (χ4v) is 1.55. The van der Waals surface area contributed by atoms with Crippen LogP contribution in [0.4, 0.5) is 0 Å². The Labute approximate surface area is 102 Å². The first-order valence-corrected chi connectivity index (χ1v) is 5.34. The van der Waals surface area contributed by atoms with Crippen molar-refractivity contribution < 1.29 is 9.26 Å². The van der Waals surface area contributed by atoms with Gasteiger partial charge in [-0.15, -0.1) is 0 Å². The zero-order valence-corrected chi connectivity index (χ0v) is 10.1. The first kappa shape index (κ1) is 12.3. The summed E-state index contributed by atoms with van der Waals surface area (Å²) in [5.74, 6) is 0.585. The van der Waals surface area contributed by atoms with Gasteiger partial charge in [0.05, 0.1) is 6.54 Å². The van der Waals surface area contributed by atoms with E-state index in [1.165, 1.54) is 10.8 Å². The van der Waals surface area contributed by atoms with E-state index in [0.29, 0.717) is 23.6 Å². The van der Waals surface area contributed by atoms with Crippen LogP contribution in [0.2, 0.25) is 0 Å². The van der Waals surface area contributed by atoms with Crippen LogP contribution in [0.25, 0.3) is 0 Å². The maximum absolute atomic E-state index is 11.6. The second kappa shape index (κ2) is 5.01. The van der Waals surface area contributed by atoms with Crippen LogP contribution in [0.15, 0.2) is 26.4 Å². The minimum absolute atomic E-state index is 0.240. The lowest BCUT2D eigenvalue weighted by molar-refractivity contribution is 0.155. The molecule has 0 aliphatic rings. The first-order chi connectivity index (χ1) is 8.60. The van der Waals surface area contributed by atoms with Gasteiger partial charge in [-0.05, 0) is 6.92 Å². The van der Waals surface area contributed by atoms with Crippen molar-refractivity contribution in [1.29, 1.82) is 0 Å². The minimum Gasteiger partial charge on any atom is -0.377 e. The van der Waals surface area contributed by atoms with E-state index in [9.17, 15) is 9.59 Å². The fourth-order valence-electron chi connectivity index (χ4n) is 1.55. The second-order valence-electron chi connectivity index (χ2n) is 3.92. The Kier molecular flexibility index (Phi) is 3.42. The third-order valence-electron chi connectivity index (χ3n) is 2.42. The number of ether oxygens (including phenoxy) is 1. The lowest BCUT2D eigenvalue weighted by Gasteiger charge is -2.02. The van der Waals surface area contributed by atoms with Crippen LogP contribution >= 0.6 is 0 Å². The second-order valence-corrected chi connectivity index (χ2v) is 3.92. The number of nitrogens with one attached hydrogen (secondary N) is 1. The molecule has 0 bridgehead atoms. The number of aromatic amines is 1. The number of aryl methyl sites for hydroxylation is 1. The zero-order valence-electron chi connectivity index (χ0n) is 10.1. The first-order valence-electron chi connectivity index (χ1n) is 5.34. The lowest BCUT2D eigenvalue weighted by Crippen LogP contribution is -2.31. The van der Waals surface area contributed by atoms with Gasteiger partial charge >= 0.3 is 5.69 Å². The summed E-state index contributed by atoms with van der Waals surface area (Å²) in [5, 5.41) is 3.82. The van der Waals surface area contributed by atoms with Crippen molar-refractivity contribution in [3.8, 4) is 0 Å². The smallest absolute Gasteiger partial charge is 0.328 e. The molecule has 18 heavy (non-hydrogen) atoms. The van der Waals surface area contributed by atoms with Gasteiger partial charge in [0.15, 0.2) is 5.76 Å². The summed E-state index contributed by atoms with van der Waals surface area (Å²) in [7, 11) is 1.55. The van der Waals surface area contributed by atoms with E-state index in [4.69, 9.17) is 9.26 Å². The molecule has 0 unspecified atom stereocenters. The molecule has 2 heterocycles. The zero-order chi connectivity index (χ0) is 13.1. The molecule has 2 rings (SSSR count). The quantitative estimate of drug-likeness (QED) is 0.827. The van der Waals surface area contributed by atoms with E-state index in [0.717, 1.165) is 0 Å². The van der Waals surface area contributed by atoms with E-state index in [1.807, 2.05) is 0 Å². The van der Waals surface area contributed by atoms with Crippen LogP contribution in [0.1, 0.15) is 17.0 Å². The van der Waals surface area contributed by atoms with Gasteiger partial charge in [-0.2, -0.15) is 0 Å². The highest BCUT2D eigenvalue weighted by Crippen LogP contribution is 2.05. The summed E-state index contributed by atoms with van der Waals surface area (Å²) in [6, 6.07) is 1.70. The molecular formula is C11H13N3O4. The Morgan fingerprint density at radius 1 is 1.50 bits per heavy atom. The maximum atomic E-state index is 11.6. The molecule has 96 valence electrons. The van der Waals surface area contributed by atoms with Crippen molar-refractivity contribution in [2.45, 2.75) is 20.1 Å². The molecule has 2 aromatic rings. The van der Waals surface area contributed by atoms with Gasteiger partial charge in [0.1, 0.15) is 12.3 Å². The van der Waals surface area contributed by atoms with Crippen LogP contribution in [-0.2, 0) is 17.9 Å². The van der Waals surface area contributed by atoms with Crippen molar-refractivity contribution in [1.82, 2.24) is 14.7 Å². The minimum atomic E-state index is -0.470. The molecule has 2 aromatic heterocycles. The molecule has 0 aromatic carbocycles. The van der Waals surface area contributed by atoms with Gasteiger partial charge in [0.25, 0.3) is 5.56 Å². The van der Waals surface area contributed by atoms with E-state index < -0.39 is 5.69 Å². The molecule has 1 N–H and O–H groups in total. The molecule has 0 radical (unpaired) electrons. The lowest BCUT2D eigenvalue weighted by atomic mass is 10.3. The Balaban J connectivity index is 2.25. The Hall–Kier alpha value is -2.15. The number of nitrogens with zero attached hydrogens (tertiary/aromatic N) is 2. The van der Waals surface area contributed by atoms with Crippen molar-refractivity contribution in [3.63, 3.8) is 0 Å². The SMILES string of the molecule is COCc1cc(Cn2cc(C)c(=O)[nH]c2=O)no1. The fraction of sp³-hybridized carbons (Fsp3) is 0.364. The summed E-state index contributed by atoms with van der Waals surface area (Å²) in [5.41, 5.74) is 0.212. The predicted octanol–water partition coefficient (Wildman–Crippen LogP) is 0.0277. The maximum Gasteiger partial charge on any atom is 0.328 e. The topological polar surface area (TPSA) is 90.1 Å². The highest BCUT2D eigenvalue weighted by Gasteiger charge is 2.07. The van der Waals surface area contributed by atoms with Gasteiger partial charge in [-0.1, -0.05) is 5.16 Å². The summed E-state index contributed by atoms with van der Waals surface area (Å²) >= 11 is 0. The van der Waals surface area contributed by atoms with E-state index in [1.54, 1.807) is 20.1 Å². The largest absolute Gasteiger partial charge is 0.377 e. The molecule has 0 atom stereocenters. The number of hydrogen-bond acceptors (Lipinski definition) is 5. The van der Waals surface area contributed by atoms with Crippen LogP contribution in [-0.4, -0.2) is 21.8 Å². The summed E-state index contributed by atoms with van der Waals surface area (Å²) < 4.78 is 11.3. The third-order valence-corrected chi connectivity index (χ3v) is 2.42. The number of aromatic nitrogens is 3. The van der Waals surface area contributed by atoms with Crippen LogP contribution in [0.3, 0.4) is 0 Å². The van der Waals surface area contributed by atoms with Gasteiger partial charge in [-0.3, -0.25) is 14.3 Å². The molecule has 0 fully saturated rings. The molecule has 0 saturated heterocycles. The van der Waals surface area contributed by atoms with Crippen molar-refractivity contribution in [3.05, 3.63) is 50.1 Å². The molecular weight excluding hydrogens is 238 g/mol. The average molecular weight is 251 g/mol. The predicted molar refractivity (Wildman–Crippen MR) is 62.4 cm³/mol. The molecule has 0 aliphatic heterocycles. The molecule has 0 saturated carbocycles. The molecule has 7 nitrogen and oxygen atoms in total. The van der Waals surface area contributed by atoms with Crippen molar-refractivity contribution in [2.75, 3.05) is 7.11 Å². The van der Waals surface area contributed by atoms with Gasteiger partial charge < -0.3 is 9.26 Å². The van der Waals surface area contributed by atoms with Gasteiger partial charge in [0.2, 0.25) is 0 Å². The van der Waals surface area contributed by atoms with Crippen LogP contribution in [0.5, 0.6) is 0 Å². The highest BCUT2D eigenvalue weighted by molar-refractivity contribution is 5.07. The standard InChI is InChI=1S/C11H13N3O4/c1-7-4-14(11(16)12-10(7)15)5-8-3-9(6-17-2)18-13-8/h3-4H,5-6H2,1-2H3,(H,12,15,16). The molecule has 0 spiro atoms. The van der Waals surface area contributed by atoms with E-state index >= 15 is 0 Å². The van der Waals surface area contributed by atoms with E-state index in [2.05, 4.69) is 10.1 Å². The number of hydrogen-bond donors (Lipinski definition) is 1. The van der Waals surface area contributed by atoms with Gasteiger partial charge in [-0.25, -0.2) is 4.79 Å². The van der Waals surface area contributed by atoms with Crippen molar-refractivity contribution in [2.24, 2.45) is 0 Å². The number of methoxy groups -OCH3 is 1. The Bertz CT molecular complexity index is 653. The normalized spacial score (nSPS) is 10.8. The van der Waals surface area contributed by atoms with E-state index in [-0.39, 0.29) is 12.1 Å². The third kappa shape index (κ3) is 2.57. The van der Waals surface area contributed by atoms with Crippen LogP contribution < -0.4 is 11.2 Å². The summed E-state index contributed by atoms with van der Waals surface area (Å²) in [4.78, 5) is 25.0. The monoisotopic (exact) mass is 251 g/mol. The number of H-pyrrole nitrogens is 1. The molecule has 0 aliphatic carbocycles. The molecule has 7 heteroatoms. The Morgan fingerprint density at radius 2 is 2.28 bits per heavy atom. The number of rotatable bonds is 4. The van der Waals surface area contributed by atoms with Crippen molar-refractivity contribution >= 4 is 0 Å². The Morgan fingerprint density at radius 3 is 3.00 bits per heavy atom. The average Bonchev–Trinajstić information content (AvgIpc) is 2.74. The summed E-state index contributed by atoms with van der Waals surface area (Å²) in [6.07, 6.45) is 1.49. The highest BCUT2D eigenvalue weighted by atomic mass is 16.5.